The Balaban J connectivity index is 2.94. The summed E-state index contributed by atoms with van der Waals surface area (Å²) in [6.07, 6.45) is 0.313. The van der Waals surface area contributed by atoms with Crippen LogP contribution < -0.4 is 5.32 Å². The van der Waals surface area contributed by atoms with Crippen molar-refractivity contribution in [2.24, 2.45) is 0 Å². The number of hydrogen-bond acceptors (Lipinski definition) is 4. The van der Waals surface area contributed by atoms with Gasteiger partial charge in [0.1, 0.15) is 11.6 Å². The highest BCUT2D eigenvalue weighted by Crippen LogP contribution is 2.19. The third kappa shape index (κ3) is 2.96. The highest BCUT2D eigenvalue weighted by molar-refractivity contribution is 5.97. The summed E-state index contributed by atoms with van der Waals surface area (Å²) in [7, 11) is 0. The van der Waals surface area contributed by atoms with Crippen molar-refractivity contribution in [2.75, 3.05) is 13.2 Å². The van der Waals surface area contributed by atoms with Gasteiger partial charge in [-0.3, -0.25) is 4.79 Å². The van der Waals surface area contributed by atoms with Gasteiger partial charge in [0, 0.05) is 6.07 Å². The number of carbonyl (C=O) groups excluding carboxylic acids is 1. The molecule has 0 fully saturated rings. The highest BCUT2D eigenvalue weighted by Gasteiger charge is 2.29. The van der Waals surface area contributed by atoms with E-state index in [1.807, 2.05) is 0 Å². The van der Waals surface area contributed by atoms with Gasteiger partial charge in [0.15, 0.2) is 0 Å². The van der Waals surface area contributed by atoms with Crippen molar-refractivity contribution >= 4 is 5.91 Å². The second-order valence-corrected chi connectivity index (χ2v) is 4.07. The molecule has 1 aromatic rings. The molecule has 1 aromatic carbocycles. The summed E-state index contributed by atoms with van der Waals surface area (Å²) >= 11 is 0. The molecule has 18 heavy (non-hydrogen) atoms. The lowest BCUT2D eigenvalue weighted by molar-refractivity contribution is 0.0651. The molecule has 0 aliphatic heterocycles. The van der Waals surface area contributed by atoms with Gasteiger partial charge in [0.05, 0.1) is 24.3 Å². The molecule has 0 atom stereocenters. The maximum absolute atomic E-state index is 12.8. The lowest BCUT2D eigenvalue weighted by atomic mass is 9.97. The van der Waals surface area contributed by atoms with E-state index < -0.39 is 36.2 Å². The van der Waals surface area contributed by atoms with E-state index >= 15 is 0 Å². The van der Waals surface area contributed by atoms with E-state index in [1.165, 1.54) is 0 Å². The fourth-order valence-corrected chi connectivity index (χ4v) is 1.45. The average molecular weight is 257 g/mol. The molecular weight excluding hydrogens is 241 g/mol. The first-order valence-electron chi connectivity index (χ1n) is 5.50. The lowest BCUT2D eigenvalue weighted by Gasteiger charge is -2.29. The van der Waals surface area contributed by atoms with Gasteiger partial charge in [-0.1, -0.05) is 6.92 Å². The van der Waals surface area contributed by atoms with Gasteiger partial charge in [-0.05, 0) is 18.6 Å². The first-order chi connectivity index (χ1) is 8.48. The first kappa shape index (κ1) is 14.4. The van der Waals surface area contributed by atoms with Crippen LogP contribution >= 0.6 is 0 Å². The smallest absolute Gasteiger partial charge is 0.255 e. The van der Waals surface area contributed by atoms with Crippen molar-refractivity contribution in [2.45, 2.75) is 18.9 Å². The second-order valence-electron chi connectivity index (χ2n) is 4.07. The topological polar surface area (TPSA) is 89.8 Å². The zero-order chi connectivity index (χ0) is 13.8. The molecule has 4 N–H and O–H groups in total. The van der Waals surface area contributed by atoms with Crippen LogP contribution in [0.4, 0.5) is 4.39 Å². The number of benzene rings is 1. The van der Waals surface area contributed by atoms with Crippen molar-refractivity contribution in [3.63, 3.8) is 0 Å². The van der Waals surface area contributed by atoms with Crippen molar-refractivity contribution in [3.8, 4) is 5.75 Å². The number of phenols is 1. The van der Waals surface area contributed by atoms with Crippen molar-refractivity contribution < 1.29 is 24.5 Å². The molecule has 0 unspecified atom stereocenters. The van der Waals surface area contributed by atoms with E-state index in [4.69, 9.17) is 0 Å². The van der Waals surface area contributed by atoms with Crippen molar-refractivity contribution in [1.82, 2.24) is 5.32 Å². The second kappa shape index (κ2) is 5.79. The number of aliphatic hydroxyl groups is 2. The summed E-state index contributed by atoms with van der Waals surface area (Å²) < 4.78 is 12.8. The maximum Gasteiger partial charge on any atom is 0.255 e. The number of rotatable bonds is 5. The Labute approximate surface area is 104 Å². The molecule has 0 heterocycles. The molecule has 0 aromatic heterocycles. The van der Waals surface area contributed by atoms with Crippen LogP contribution in [0.5, 0.6) is 5.75 Å². The Morgan fingerprint density at radius 3 is 2.44 bits per heavy atom. The number of carbonyl (C=O) groups is 1. The monoisotopic (exact) mass is 257 g/mol. The Kier molecular flexibility index (Phi) is 4.63. The molecule has 100 valence electrons. The normalized spacial score (nSPS) is 11.3. The van der Waals surface area contributed by atoms with Gasteiger partial charge < -0.3 is 20.6 Å². The summed E-state index contributed by atoms with van der Waals surface area (Å²) in [5.41, 5.74) is -1.27. The van der Waals surface area contributed by atoms with Crippen LogP contribution in [0.25, 0.3) is 0 Å². The molecule has 0 aliphatic carbocycles. The van der Waals surface area contributed by atoms with Gasteiger partial charge >= 0.3 is 0 Å². The maximum atomic E-state index is 12.8. The molecule has 1 amide bonds. The first-order valence-corrected chi connectivity index (χ1v) is 5.50. The molecule has 0 saturated heterocycles. The van der Waals surface area contributed by atoms with E-state index in [2.05, 4.69) is 5.32 Å². The molecular formula is C12H16FNO4. The fourth-order valence-electron chi connectivity index (χ4n) is 1.45. The molecule has 0 spiro atoms. The van der Waals surface area contributed by atoms with Crippen LogP contribution in [0.15, 0.2) is 18.2 Å². The van der Waals surface area contributed by atoms with Gasteiger partial charge in [0.25, 0.3) is 5.91 Å². The van der Waals surface area contributed by atoms with Crippen molar-refractivity contribution in [3.05, 3.63) is 29.6 Å². The molecule has 0 saturated carbocycles. The van der Waals surface area contributed by atoms with Crippen LogP contribution in [0.2, 0.25) is 0 Å². The van der Waals surface area contributed by atoms with Gasteiger partial charge in [0.2, 0.25) is 0 Å². The number of aliphatic hydroxyl groups excluding tert-OH is 2. The Bertz CT molecular complexity index is 424. The van der Waals surface area contributed by atoms with Crippen LogP contribution in [0.3, 0.4) is 0 Å². The highest BCUT2D eigenvalue weighted by atomic mass is 19.1. The summed E-state index contributed by atoms with van der Waals surface area (Å²) in [5.74, 6) is -1.83. The number of amides is 1. The van der Waals surface area contributed by atoms with Crippen molar-refractivity contribution in [1.29, 1.82) is 0 Å². The minimum absolute atomic E-state index is 0.115. The zero-order valence-electron chi connectivity index (χ0n) is 9.98. The standard InChI is InChI=1S/C12H16FNO4/c1-2-12(6-15,7-16)14-11(18)9-4-3-8(13)5-10(9)17/h3-5,15-17H,2,6-7H2,1H3,(H,14,18). The molecule has 0 bridgehead atoms. The minimum Gasteiger partial charge on any atom is -0.507 e. The number of nitrogens with one attached hydrogen (secondary N) is 1. The summed E-state index contributed by atoms with van der Waals surface area (Å²) in [5, 5.41) is 30.3. The average Bonchev–Trinajstić information content (AvgIpc) is 2.36. The molecule has 0 aliphatic rings. The van der Waals surface area contributed by atoms with E-state index in [0.29, 0.717) is 6.42 Å². The largest absolute Gasteiger partial charge is 0.507 e. The third-order valence-electron chi connectivity index (χ3n) is 2.87. The van der Waals surface area contributed by atoms with E-state index in [-0.39, 0.29) is 5.56 Å². The Morgan fingerprint density at radius 2 is 2.00 bits per heavy atom. The Hall–Kier alpha value is -1.66. The van der Waals surface area contributed by atoms with Gasteiger partial charge in [-0.2, -0.15) is 0 Å². The van der Waals surface area contributed by atoms with E-state index in [1.54, 1.807) is 6.92 Å². The summed E-state index contributed by atoms with van der Waals surface area (Å²) in [6, 6.07) is 3.00. The van der Waals surface area contributed by atoms with Crippen LogP contribution in [-0.4, -0.2) is 40.0 Å². The number of phenolic OH excluding ortho intramolecular Hbond substituents is 1. The minimum atomic E-state index is -1.15. The zero-order valence-corrected chi connectivity index (χ0v) is 9.98. The summed E-state index contributed by atoms with van der Waals surface area (Å²) in [6.45, 7) is 0.818. The quantitative estimate of drug-likeness (QED) is 0.614. The number of halogens is 1. The van der Waals surface area contributed by atoms with Crippen LogP contribution in [0.1, 0.15) is 23.7 Å². The summed E-state index contributed by atoms with van der Waals surface area (Å²) in [4.78, 5) is 11.9. The molecule has 6 heteroatoms. The lowest BCUT2D eigenvalue weighted by Crippen LogP contribution is -2.53. The van der Waals surface area contributed by atoms with Gasteiger partial charge in [-0.25, -0.2) is 4.39 Å². The SMILES string of the molecule is CCC(CO)(CO)NC(=O)c1ccc(F)cc1O. The number of aromatic hydroxyl groups is 1. The molecule has 1 rings (SSSR count). The number of hydrogen-bond donors (Lipinski definition) is 4. The Morgan fingerprint density at radius 1 is 1.39 bits per heavy atom. The predicted molar refractivity (Wildman–Crippen MR) is 62.7 cm³/mol. The molecule has 5 nitrogen and oxygen atoms in total. The fraction of sp³-hybridized carbons (Fsp3) is 0.417. The van der Waals surface area contributed by atoms with E-state index in [9.17, 15) is 24.5 Å². The van der Waals surface area contributed by atoms with E-state index in [0.717, 1.165) is 18.2 Å². The van der Waals surface area contributed by atoms with Crippen LogP contribution in [-0.2, 0) is 0 Å². The third-order valence-corrected chi connectivity index (χ3v) is 2.87. The molecule has 0 radical (unpaired) electrons. The van der Waals surface area contributed by atoms with Gasteiger partial charge in [-0.15, -0.1) is 0 Å². The van der Waals surface area contributed by atoms with Crippen LogP contribution in [0, 0.1) is 5.82 Å². The predicted octanol–water partition coefficient (Wildman–Crippen LogP) is 0.395.